The van der Waals surface area contributed by atoms with Crippen molar-refractivity contribution in [3.05, 3.63) is 53.2 Å². The third-order valence-electron chi connectivity index (χ3n) is 3.36. The lowest BCUT2D eigenvalue weighted by Gasteiger charge is -2.10. The van der Waals surface area contributed by atoms with Gasteiger partial charge in [-0.05, 0) is 43.3 Å². The van der Waals surface area contributed by atoms with Crippen molar-refractivity contribution >= 4 is 29.1 Å². The number of thioether (sulfide) groups is 1. The predicted molar refractivity (Wildman–Crippen MR) is 89.8 cm³/mol. The standard InChI is InChI=1S/C16H14ClN3O2S/c1-10(14(21)11-5-7-12(17)8-6-11)23-16-19-18-15(20(16)2)13-4-3-9-22-13/h3-10H,1-2H3. The van der Waals surface area contributed by atoms with Crippen LogP contribution in [0.2, 0.25) is 5.02 Å². The van der Waals surface area contributed by atoms with Crippen molar-refractivity contribution in [2.75, 3.05) is 0 Å². The normalized spacial score (nSPS) is 12.3. The van der Waals surface area contributed by atoms with Crippen molar-refractivity contribution in [2.45, 2.75) is 17.3 Å². The van der Waals surface area contributed by atoms with E-state index in [0.29, 0.717) is 27.3 Å². The first-order valence-corrected chi connectivity index (χ1v) is 8.21. The number of halogens is 1. The summed E-state index contributed by atoms with van der Waals surface area (Å²) in [6.07, 6.45) is 1.59. The third-order valence-corrected chi connectivity index (χ3v) is 4.74. The summed E-state index contributed by atoms with van der Waals surface area (Å²) < 4.78 is 7.15. The molecule has 5 nitrogen and oxygen atoms in total. The summed E-state index contributed by atoms with van der Waals surface area (Å²) >= 11 is 7.21. The molecule has 0 N–H and O–H groups in total. The average molecular weight is 348 g/mol. The second-order valence-corrected chi connectivity index (χ2v) is 6.72. The van der Waals surface area contributed by atoms with Gasteiger partial charge in [0.05, 0.1) is 11.5 Å². The topological polar surface area (TPSA) is 60.9 Å². The number of furan rings is 1. The highest BCUT2D eigenvalue weighted by atomic mass is 35.5. The van der Waals surface area contributed by atoms with E-state index in [1.165, 1.54) is 11.8 Å². The Labute approximate surface area is 142 Å². The number of aromatic nitrogens is 3. The Balaban J connectivity index is 1.77. The SMILES string of the molecule is CC(Sc1nnc(-c2ccco2)n1C)C(=O)c1ccc(Cl)cc1. The molecule has 3 aromatic rings. The van der Waals surface area contributed by atoms with Gasteiger partial charge in [0.2, 0.25) is 0 Å². The van der Waals surface area contributed by atoms with Crippen molar-refractivity contribution < 1.29 is 9.21 Å². The van der Waals surface area contributed by atoms with Gasteiger partial charge in [-0.15, -0.1) is 10.2 Å². The number of carbonyl (C=O) groups is 1. The lowest BCUT2D eigenvalue weighted by molar-refractivity contribution is 0.0994. The van der Waals surface area contributed by atoms with Crippen LogP contribution in [0.15, 0.2) is 52.2 Å². The van der Waals surface area contributed by atoms with E-state index in [1.54, 1.807) is 36.6 Å². The highest BCUT2D eigenvalue weighted by molar-refractivity contribution is 8.00. The van der Waals surface area contributed by atoms with Crippen molar-refractivity contribution in [1.29, 1.82) is 0 Å². The van der Waals surface area contributed by atoms with Crippen LogP contribution in [0.4, 0.5) is 0 Å². The number of hydrogen-bond donors (Lipinski definition) is 0. The van der Waals surface area contributed by atoms with Gasteiger partial charge in [-0.2, -0.15) is 0 Å². The molecule has 0 radical (unpaired) electrons. The van der Waals surface area contributed by atoms with Gasteiger partial charge in [-0.25, -0.2) is 0 Å². The minimum Gasteiger partial charge on any atom is -0.461 e. The lowest BCUT2D eigenvalue weighted by Crippen LogP contribution is -2.14. The molecule has 118 valence electrons. The Morgan fingerprint density at radius 1 is 1.26 bits per heavy atom. The Morgan fingerprint density at radius 3 is 2.65 bits per heavy atom. The molecular weight excluding hydrogens is 334 g/mol. The van der Waals surface area contributed by atoms with E-state index in [0.717, 1.165) is 0 Å². The molecule has 0 fully saturated rings. The summed E-state index contributed by atoms with van der Waals surface area (Å²) in [6.45, 7) is 1.85. The number of nitrogens with zero attached hydrogens (tertiary/aromatic N) is 3. The molecule has 0 aliphatic rings. The van der Waals surface area contributed by atoms with Gasteiger partial charge in [-0.1, -0.05) is 23.4 Å². The zero-order valence-corrected chi connectivity index (χ0v) is 14.1. The first kappa shape index (κ1) is 15.8. The number of carbonyl (C=O) groups excluding carboxylic acids is 1. The third kappa shape index (κ3) is 3.33. The molecule has 0 bridgehead atoms. The second kappa shape index (κ2) is 6.60. The van der Waals surface area contributed by atoms with Crippen LogP contribution in [0.1, 0.15) is 17.3 Å². The summed E-state index contributed by atoms with van der Waals surface area (Å²) in [5.74, 6) is 1.29. The fraction of sp³-hybridized carbons (Fsp3) is 0.188. The quantitative estimate of drug-likeness (QED) is 0.514. The summed E-state index contributed by atoms with van der Waals surface area (Å²) in [4.78, 5) is 12.5. The van der Waals surface area contributed by atoms with Crippen LogP contribution in [-0.4, -0.2) is 25.8 Å². The number of hydrogen-bond acceptors (Lipinski definition) is 5. The molecule has 2 heterocycles. The molecule has 1 unspecified atom stereocenters. The van der Waals surface area contributed by atoms with Crippen molar-refractivity contribution in [1.82, 2.24) is 14.8 Å². The molecule has 0 aliphatic heterocycles. The van der Waals surface area contributed by atoms with Gasteiger partial charge in [-0.3, -0.25) is 4.79 Å². The molecule has 2 aromatic heterocycles. The maximum absolute atomic E-state index is 12.5. The van der Waals surface area contributed by atoms with Gasteiger partial charge in [0.25, 0.3) is 0 Å². The zero-order chi connectivity index (χ0) is 16.4. The predicted octanol–water partition coefficient (Wildman–Crippen LogP) is 4.09. The molecule has 7 heteroatoms. The molecule has 3 rings (SSSR count). The van der Waals surface area contributed by atoms with Crippen LogP contribution in [0, 0.1) is 0 Å². The number of benzene rings is 1. The first-order valence-electron chi connectivity index (χ1n) is 6.96. The van der Waals surface area contributed by atoms with Gasteiger partial charge in [0.15, 0.2) is 22.5 Å². The summed E-state index contributed by atoms with van der Waals surface area (Å²) in [5.41, 5.74) is 0.628. The monoisotopic (exact) mass is 347 g/mol. The maximum atomic E-state index is 12.5. The van der Waals surface area contributed by atoms with Crippen molar-refractivity contribution in [3.63, 3.8) is 0 Å². The summed E-state index contributed by atoms with van der Waals surface area (Å²) in [6, 6.07) is 10.5. The molecule has 0 saturated heterocycles. The van der Waals surface area contributed by atoms with Crippen molar-refractivity contribution in [2.24, 2.45) is 7.05 Å². The van der Waals surface area contributed by atoms with E-state index >= 15 is 0 Å². The van der Waals surface area contributed by atoms with E-state index < -0.39 is 0 Å². The molecule has 1 aromatic carbocycles. The smallest absolute Gasteiger partial charge is 0.200 e. The molecule has 1 atom stereocenters. The summed E-state index contributed by atoms with van der Waals surface area (Å²) in [5, 5.41) is 9.25. The Kier molecular flexibility index (Phi) is 4.54. The van der Waals surface area contributed by atoms with E-state index in [-0.39, 0.29) is 11.0 Å². The van der Waals surface area contributed by atoms with Crippen LogP contribution >= 0.6 is 23.4 Å². The molecule has 0 spiro atoms. The van der Waals surface area contributed by atoms with Crippen LogP contribution in [0.3, 0.4) is 0 Å². The molecule has 0 saturated carbocycles. The number of rotatable bonds is 5. The highest BCUT2D eigenvalue weighted by Gasteiger charge is 2.21. The van der Waals surface area contributed by atoms with E-state index in [4.69, 9.17) is 16.0 Å². The lowest BCUT2D eigenvalue weighted by atomic mass is 10.1. The molecule has 23 heavy (non-hydrogen) atoms. The molecule has 0 aliphatic carbocycles. The highest BCUT2D eigenvalue weighted by Crippen LogP contribution is 2.27. The van der Waals surface area contributed by atoms with Crippen LogP contribution in [0.5, 0.6) is 0 Å². The van der Waals surface area contributed by atoms with Crippen LogP contribution in [-0.2, 0) is 7.05 Å². The minimum absolute atomic E-state index is 0.0224. The fourth-order valence-electron chi connectivity index (χ4n) is 2.10. The average Bonchev–Trinajstić information content (AvgIpc) is 3.18. The maximum Gasteiger partial charge on any atom is 0.200 e. The molecular formula is C16H14ClN3O2S. The Bertz CT molecular complexity index is 812. The minimum atomic E-state index is -0.288. The van der Waals surface area contributed by atoms with Gasteiger partial charge in [0, 0.05) is 17.6 Å². The van der Waals surface area contributed by atoms with E-state index in [9.17, 15) is 4.79 Å². The van der Waals surface area contributed by atoms with E-state index in [2.05, 4.69) is 10.2 Å². The fourth-order valence-corrected chi connectivity index (χ4v) is 3.12. The Hall–Kier alpha value is -2.05. The largest absolute Gasteiger partial charge is 0.461 e. The molecule has 0 amide bonds. The first-order chi connectivity index (χ1) is 11.1. The number of Topliss-reactive ketones (excluding diaryl/α,β-unsaturated/α-hetero) is 1. The van der Waals surface area contributed by atoms with Crippen LogP contribution < -0.4 is 0 Å². The van der Waals surface area contributed by atoms with E-state index in [1.807, 2.05) is 24.6 Å². The Morgan fingerprint density at radius 2 is 2.00 bits per heavy atom. The van der Waals surface area contributed by atoms with Crippen LogP contribution in [0.25, 0.3) is 11.6 Å². The van der Waals surface area contributed by atoms with Crippen molar-refractivity contribution in [3.8, 4) is 11.6 Å². The van der Waals surface area contributed by atoms with Gasteiger partial charge >= 0.3 is 0 Å². The van der Waals surface area contributed by atoms with Gasteiger partial charge < -0.3 is 8.98 Å². The summed E-state index contributed by atoms with van der Waals surface area (Å²) in [7, 11) is 1.85. The number of ketones is 1. The van der Waals surface area contributed by atoms with Gasteiger partial charge in [0.1, 0.15) is 0 Å². The zero-order valence-electron chi connectivity index (χ0n) is 12.6. The second-order valence-electron chi connectivity index (χ2n) is 4.97.